The molecule has 3 heterocycles. The van der Waals surface area contributed by atoms with Gasteiger partial charge >= 0.3 is 0 Å². The summed E-state index contributed by atoms with van der Waals surface area (Å²) in [6, 6.07) is 10.1. The minimum atomic E-state index is 0.130. The number of fused-ring (bicyclic) bond motifs is 2. The van der Waals surface area contributed by atoms with Crippen LogP contribution < -0.4 is 5.56 Å². The molecular weight excluding hydrogens is 268 g/mol. The van der Waals surface area contributed by atoms with Gasteiger partial charge in [0.1, 0.15) is 10.7 Å². The van der Waals surface area contributed by atoms with Gasteiger partial charge in [-0.05, 0) is 18.9 Å². The Bertz CT molecular complexity index is 862. The zero-order valence-electron chi connectivity index (χ0n) is 11.2. The van der Waals surface area contributed by atoms with Gasteiger partial charge in [-0.3, -0.25) is 9.36 Å². The van der Waals surface area contributed by atoms with Crippen LogP contribution in [0.25, 0.3) is 21.3 Å². The Balaban J connectivity index is 2.12. The second-order valence-corrected chi connectivity index (χ2v) is 6.37. The quantitative estimate of drug-likeness (QED) is 0.686. The SMILES string of the molecule is Cc1sc2nc3n(c(=O)c2c1-c1ccccc1)CCC3. The average molecular weight is 282 g/mol. The van der Waals surface area contributed by atoms with Gasteiger partial charge in [-0.1, -0.05) is 30.3 Å². The summed E-state index contributed by atoms with van der Waals surface area (Å²) < 4.78 is 1.85. The molecule has 0 saturated heterocycles. The maximum atomic E-state index is 12.8. The van der Waals surface area contributed by atoms with E-state index in [4.69, 9.17) is 4.98 Å². The van der Waals surface area contributed by atoms with E-state index in [1.165, 1.54) is 4.88 Å². The molecule has 1 aromatic carbocycles. The molecule has 1 aliphatic rings. The maximum absolute atomic E-state index is 12.8. The number of thiophene rings is 1. The molecule has 0 bridgehead atoms. The van der Waals surface area contributed by atoms with Crippen molar-refractivity contribution in [2.45, 2.75) is 26.3 Å². The summed E-state index contributed by atoms with van der Waals surface area (Å²) in [6.45, 7) is 2.88. The zero-order chi connectivity index (χ0) is 13.7. The van der Waals surface area contributed by atoms with Crippen LogP contribution in [-0.2, 0) is 13.0 Å². The summed E-state index contributed by atoms with van der Waals surface area (Å²) in [5.74, 6) is 0.948. The molecule has 0 radical (unpaired) electrons. The molecule has 0 aliphatic carbocycles. The van der Waals surface area contributed by atoms with Crippen molar-refractivity contribution in [1.82, 2.24) is 9.55 Å². The fraction of sp³-hybridized carbons (Fsp3) is 0.250. The monoisotopic (exact) mass is 282 g/mol. The van der Waals surface area contributed by atoms with Crippen LogP contribution in [0.3, 0.4) is 0 Å². The maximum Gasteiger partial charge on any atom is 0.262 e. The van der Waals surface area contributed by atoms with Crippen LogP contribution in [0.15, 0.2) is 35.1 Å². The largest absolute Gasteiger partial charge is 0.296 e. The second kappa shape index (κ2) is 4.28. The third kappa shape index (κ3) is 1.58. The highest BCUT2D eigenvalue weighted by molar-refractivity contribution is 7.19. The summed E-state index contributed by atoms with van der Waals surface area (Å²) in [4.78, 5) is 19.5. The highest BCUT2D eigenvalue weighted by atomic mass is 32.1. The van der Waals surface area contributed by atoms with E-state index in [0.29, 0.717) is 0 Å². The van der Waals surface area contributed by atoms with Crippen molar-refractivity contribution in [3.63, 3.8) is 0 Å². The summed E-state index contributed by atoms with van der Waals surface area (Å²) in [5.41, 5.74) is 2.30. The molecule has 100 valence electrons. The molecule has 0 spiro atoms. The average Bonchev–Trinajstić information content (AvgIpc) is 3.04. The lowest BCUT2D eigenvalue weighted by atomic mass is 10.0. The summed E-state index contributed by atoms with van der Waals surface area (Å²) in [6.07, 6.45) is 1.95. The highest BCUT2D eigenvalue weighted by Crippen LogP contribution is 2.36. The first-order valence-electron chi connectivity index (χ1n) is 6.84. The Labute approximate surface area is 120 Å². The van der Waals surface area contributed by atoms with Crippen LogP contribution in [-0.4, -0.2) is 9.55 Å². The molecule has 0 unspecified atom stereocenters. The molecule has 4 heteroatoms. The van der Waals surface area contributed by atoms with Crippen molar-refractivity contribution in [2.75, 3.05) is 0 Å². The Morgan fingerprint density at radius 3 is 2.85 bits per heavy atom. The molecule has 0 saturated carbocycles. The Kier molecular flexibility index (Phi) is 2.54. The highest BCUT2D eigenvalue weighted by Gasteiger charge is 2.21. The standard InChI is InChI=1S/C16H14N2OS/c1-10-13(11-6-3-2-4-7-11)14-15(20-10)17-12-8-5-9-18(12)16(14)19/h2-4,6-7H,5,8-9H2,1H3. The van der Waals surface area contributed by atoms with E-state index in [-0.39, 0.29) is 5.56 Å². The van der Waals surface area contributed by atoms with Gasteiger partial charge in [0.25, 0.3) is 5.56 Å². The van der Waals surface area contributed by atoms with E-state index in [1.54, 1.807) is 11.3 Å². The normalized spacial score (nSPS) is 13.8. The molecule has 4 rings (SSSR count). The van der Waals surface area contributed by atoms with Crippen molar-refractivity contribution in [3.05, 3.63) is 51.4 Å². The lowest BCUT2D eigenvalue weighted by Gasteiger charge is -2.04. The predicted molar refractivity (Wildman–Crippen MR) is 82.4 cm³/mol. The lowest BCUT2D eigenvalue weighted by molar-refractivity contribution is 0.720. The number of hydrogen-bond acceptors (Lipinski definition) is 3. The smallest absolute Gasteiger partial charge is 0.262 e. The van der Waals surface area contributed by atoms with Gasteiger partial charge in [-0.2, -0.15) is 0 Å². The number of nitrogens with zero attached hydrogens (tertiary/aromatic N) is 2. The lowest BCUT2D eigenvalue weighted by Crippen LogP contribution is -2.20. The number of aromatic nitrogens is 2. The van der Waals surface area contributed by atoms with Crippen LogP contribution in [0.5, 0.6) is 0 Å². The minimum absolute atomic E-state index is 0.130. The van der Waals surface area contributed by atoms with Gasteiger partial charge in [0, 0.05) is 23.4 Å². The molecule has 3 aromatic rings. The Hall–Kier alpha value is -1.94. The summed E-state index contributed by atoms with van der Waals surface area (Å²) in [7, 11) is 0. The van der Waals surface area contributed by atoms with E-state index in [1.807, 2.05) is 22.8 Å². The topological polar surface area (TPSA) is 34.9 Å². The number of rotatable bonds is 1. The van der Waals surface area contributed by atoms with Gasteiger partial charge in [0.15, 0.2) is 0 Å². The van der Waals surface area contributed by atoms with Gasteiger partial charge < -0.3 is 0 Å². The van der Waals surface area contributed by atoms with E-state index >= 15 is 0 Å². The number of benzene rings is 1. The molecule has 20 heavy (non-hydrogen) atoms. The Morgan fingerprint density at radius 1 is 1.25 bits per heavy atom. The first kappa shape index (κ1) is 11.9. The first-order chi connectivity index (χ1) is 9.75. The van der Waals surface area contributed by atoms with Crippen molar-refractivity contribution in [1.29, 1.82) is 0 Å². The fourth-order valence-electron chi connectivity index (χ4n) is 3.01. The van der Waals surface area contributed by atoms with Crippen molar-refractivity contribution in [3.8, 4) is 11.1 Å². The van der Waals surface area contributed by atoms with Crippen LogP contribution in [0.4, 0.5) is 0 Å². The van der Waals surface area contributed by atoms with Gasteiger partial charge in [-0.25, -0.2) is 4.98 Å². The first-order valence-corrected chi connectivity index (χ1v) is 7.65. The molecule has 0 amide bonds. The van der Waals surface area contributed by atoms with Crippen LogP contribution in [0.1, 0.15) is 17.1 Å². The molecule has 1 aliphatic heterocycles. The minimum Gasteiger partial charge on any atom is -0.296 e. The van der Waals surface area contributed by atoms with E-state index in [0.717, 1.165) is 46.6 Å². The Morgan fingerprint density at radius 2 is 2.05 bits per heavy atom. The molecule has 0 N–H and O–H groups in total. The van der Waals surface area contributed by atoms with E-state index in [2.05, 4.69) is 19.1 Å². The summed E-state index contributed by atoms with van der Waals surface area (Å²) in [5, 5.41) is 0.796. The number of hydrogen-bond donors (Lipinski definition) is 0. The number of aryl methyl sites for hydroxylation is 2. The molecular formula is C16H14N2OS. The van der Waals surface area contributed by atoms with Crippen molar-refractivity contribution < 1.29 is 0 Å². The van der Waals surface area contributed by atoms with Crippen LogP contribution in [0, 0.1) is 6.92 Å². The van der Waals surface area contributed by atoms with Crippen molar-refractivity contribution >= 4 is 21.6 Å². The van der Waals surface area contributed by atoms with E-state index < -0.39 is 0 Å². The van der Waals surface area contributed by atoms with Crippen LogP contribution >= 0.6 is 11.3 Å². The molecule has 3 nitrogen and oxygen atoms in total. The van der Waals surface area contributed by atoms with Crippen LogP contribution in [0.2, 0.25) is 0 Å². The van der Waals surface area contributed by atoms with Gasteiger partial charge in [-0.15, -0.1) is 11.3 Å². The van der Waals surface area contributed by atoms with Gasteiger partial charge in [0.2, 0.25) is 0 Å². The van der Waals surface area contributed by atoms with Gasteiger partial charge in [0.05, 0.1) is 5.39 Å². The van der Waals surface area contributed by atoms with Crippen molar-refractivity contribution in [2.24, 2.45) is 0 Å². The molecule has 0 atom stereocenters. The third-order valence-electron chi connectivity index (χ3n) is 3.91. The van der Waals surface area contributed by atoms with E-state index in [9.17, 15) is 4.79 Å². The summed E-state index contributed by atoms with van der Waals surface area (Å²) >= 11 is 1.63. The molecule has 0 fully saturated rings. The second-order valence-electron chi connectivity index (χ2n) is 5.17. The predicted octanol–water partition coefficient (Wildman–Crippen LogP) is 3.38. The molecule has 2 aromatic heterocycles. The third-order valence-corrected chi connectivity index (χ3v) is 4.91. The zero-order valence-corrected chi connectivity index (χ0v) is 12.0. The fourth-order valence-corrected chi connectivity index (χ4v) is 4.06.